The summed E-state index contributed by atoms with van der Waals surface area (Å²) in [4.78, 5) is 7.17. The van der Waals surface area contributed by atoms with Crippen LogP contribution in [-0.4, -0.2) is 16.0 Å². The van der Waals surface area contributed by atoms with E-state index in [0.29, 0.717) is 0 Å². The van der Waals surface area contributed by atoms with Gasteiger partial charge in [0.25, 0.3) is 0 Å². The summed E-state index contributed by atoms with van der Waals surface area (Å²) in [6.07, 6.45) is 12.4. The van der Waals surface area contributed by atoms with Gasteiger partial charge in [-0.25, -0.2) is 4.98 Å². The molecule has 3 rings (SSSR count). The zero-order valence-electron chi connectivity index (χ0n) is 9.78. The Bertz CT molecular complexity index is 314. The minimum atomic E-state index is 0.784. The smallest absolute Gasteiger partial charge is 0.0922 e. The predicted molar refractivity (Wildman–Crippen MR) is 63.9 cm³/mol. The zero-order chi connectivity index (χ0) is 10.8. The van der Waals surface area contributed by atoms with Crippen LogP contribution in [0, 0.1) is 11.8 Å². The Balaban J connectivity index is 1.42. The van der Waals surface area contributed by atoms with E-state index in [2.05, 4.69) is 15.3 Å². The summed E-state index contributed by atoms with van der Waals surface area (Å²) in [5.74, 6) is 2.00. The molecule has 0 spiro atoms. The third-order valence-corrected chi connectivity index (χ3v) is 4.20. The van der Waals surface area contributed by atoms with Crippen molar-refractivity contribution in [3.63, 3.8) is 0 Å². The highest BCUT2D eigenvalue weighted by Gasteiger charge is 2.42. The third-order valence-electron chi connectivity index (χ3n) is 4.20. The highest BCUT2D eigenvalue weighted by molar-refractivity contribution is 5.01. The SMILES string of the molecule is c1ncc(CNC2CC2C2CCCCC2)[nH]1. The largest absolute Gasteiger partial charge is 0.347 e. The Kier molecular flexibility index (Phi) is 2.96. The van der Waals surface area contributed by atoms with E-state index in [4.69, 9.17) is 0 Å². The van der Waals surface area contributed by atoms with Crippen molar-refractivity contribution in [2.24, 2.45) is 11.8 Å². The van der Waals surface area contributed by atoms with Crippen LogP contribution >= 0.6 is 0 Å². The Morgan fingerprint density at radius 2 is 2.19 bits per heavy atom. The Labute approximate surface area is 97.0 Å². The van der Waals surface area contributed by atoms with Crippen molar-refractivity contribution in [3.8, 4) is 0 Å². The average molecular weight is 219 g/mol. The number of hydrogen-bond acceptors (Lipinski definition) is 2. The molecule has 2 aliphatic rings. The topological polar surface area (TPSA) is 40.7 Å². The van der Waals surface area contributed by atoms with Crippen molar-refractivity contribution < 1.29 is 0 Å². The zero-order valence-corrected chi connectivity index (χ0v) is 9.78. The van der Waals surface area contributed by atoms with Crippen LogP contribution in [0.5, 0.6) is 0 Å². The number of nitrogens with one attached hydrogen (secondary N) is 2. The summed E-state index contributed by atoms with van der Waals surface area (Å²) in [6, 6.07) is 0.784. The first-order chi connectivity index (χ1) is 7.93. The fourth-order valence-corrected chi connectivity index (χ4v) is 3.16. The normalized spacial score (nSPS) is 30.5. The van der Waals surface area contributed by atoms with E-state index in [-0.39, 0.29) is 0 Å². The number of H-pyrrole nitrogens is 1. The molecule has 0 aromatic carbocycles. The number of rotatable bonds is 4. The van der Waals surface area contributed by atoms with Gasteiger partial charge in [-0.1, -0.05) is 32.1 Å². The monoisotopic (exact) mass is 219 g/mol. The first kappa shape index (κ1) is 10.3. The molecule has 2 unspecified atom stereocenters. The number of aromatic nitrogens is 2. The second kappa shape index (κ2) is 4.58. The second-order valence-electron chi connectivity index (χ2n) is 5.36. The molecule has 0 radical (unpaired) electrons. The lowest BCUT2D eigenvalue weighted by atomic mass is 9.85. The first-order valence-electron chi connectivity index (χ1n) is 6.64. The number of aromatic amines is 1. The van der Waals surface area contributed by atoms with E-state index in [0.717, 1.165) is 24.4 Å². The summed E-state index contributed by atoms with van der Waals surface area (Å²) in [5, 5.41) is 3.64. The minimum absolute atomic E-state index is 0.784. The molecule has 3 nitrogen and oxygen atoms in total. The van der Waals surface area contributed by atoms with Gasteiger partial charge in [-0.15, -0.1) is 0 Å². The van der Waals surface area contributed by atoms with E-state index in [9.17, 15) is 0 Å². The summed E-state index contributed by atoms with van der Waals surface area (Å²) in [5.41, 5.74) is 1.20. The summed E-state index contributed by atoms with van der Waals surface area (Å²) < 4.78 is 0. The molecular weight excluding hydrogens is 198 g/mol. The van der Waals surface area contributed by atoms with Gasteiger partial charge < -0.3 is 10.3 Å². The molecule has 1 aromatic heterocycles. The molecule has 0 saturated heterocycles. The molecule has 2 atom stereocenters. The van der Waals surface area contributed by atoms with Gasteiger partial charge in [-0.05, 0) is 18.3 Å². The van der Waals surface area contributed by atoms with Crippen LogP contribution in [0.3, 0.4) is 0 Å². The van der Waals surface area contributed by atoms with Crippen LogP contribution in [0.4, 0.5) is 0 Å². The van der Waals surface area contributed by atoms with Crippen LogP contribution in [0.25, 0.3) is 0 Å². The molecule has 2 N–H and O–H groups in total. The molecule has 3 heteroatoms. The molecule has 2 saturated carbocycles. The van der Waals surface area contributed by atoms with Crippen molar-refractivity contribution in [1.29, 1.82) is 0 Å². The summed E-state index contributed by atoms with van der Waals surface area (Å²) in [7, 11) is 0. The molecule has 0 bridgehead atoms. The van der Waals surface area contributed by atoms with Crippen LogP contribution in [0.2, 0.25) is 0 Å². The molecule has 1 heterocycles. The molecular formula is C13H21N3. The van der Waals surface area contributed by atoms with Crippen LogP contribution in [0.15, 0.2) is 12.5 Å². The summed E-state index contributed by atoms with van der Waals surface area (Å²) >= 11 is 0. The lowest BCUT2D eigenvalue weighted by Crippen LogP contribution is -2.21. The van der Waals surface area contributed by atoms with E-state index in [1.165, 1.54) is 44.2 Å². The first-order valence-corrected chi connectivity index (χ1v) is 6.64. The third kappa shape index (κ3) is 2.29. The summed E-state index contributed by atoms with van der Waals surface area (Å²) in [6.45, 7) is 0.952. The maximum atomic E-state index is 4.03. The van der Waals surface area contributed by atoms with Crippen molar-refractivity contribution in [2.75, 3.05) is 0 Å². The fourth-order valence-electron chi connectivity index (χ4n) is 3.16. The molecule has 1 aromatic rings. The average Bonchev–Trinajstić information content (AvgIpc) is 2.93. The van der Waals surface area contributed by atoms with E-state index >= 15 is 0 Å². The predicted octanol–water partition coefficient (Wildman–Crippen LogP) is 2.47. The van der Waals surface area contributed by atoms with E-state index < -0.39 is 0 Å². The van der Waals surface area contributed by atoms with Gasteiger partial charge >= 0.3 is 0 Å². The maximum absolute atomic E-state index is 4.03. The van der Waals surface area contributed by atoms with Crippen molar-refractivity contribution in [2.45, 2.75) is 51.1 Å². The molecule has 88 valence electrons. The minimum Gasteiger partial charge on any atom is -0.347 e. The van der Waals surface area contributed by atoms with Gasteiger partial charge in [0.2, 0.25) is 0 Å². The van der Waals surface area contributed by atoms with Gasteiger partial charge in [0.05, 0.1) is 6.33 Å². The van der Waals surface area contributed by atoms with E-state index in [1.54, 1.807) is 6.33 Å². The fraction of sp³-hybridized carbons (Fsp3) is 0.769. The Morgan fingerprint density at radius 3 is 2.94 bits per heavy atom. The highest BCUT2D eigenvalue weighted by atomic mass is 15.0. The second-order valence-corrected chi connectivity index (χ2v) is 5.36. The van der Waals surface area contributed by atoms with Crippen LogP contribution in [-0.2, 0) is 6.54 Å². The maximum Gasteiger partial charge on any atom is 0.0922 e. The number of imidazole rings is 1. The standard InChI is InChI=1S/C13H21N3/c1-2-4-10(5-3-1)12-6-13(12)15-8-11-7-14-9-16-11/h7,9-10,12-13,15H,1-6,8H2,(H,14,16). The quantitative estimate of drug-likeness (QED) is 0.816. The van der Waals surface area contributed by atoms with Crippen molar-refractivity contribution in [3.05, 3.63) is 18.2 Å². The Morgan fingerprint density at radius 1 is 1.31 bits per heavy atom. The number of nitrogens with zero attached hydrogens (tertiary/aromatic N) is 1. The molecule has 2 aliphatic carbocycles. The number of hydrogen-bond donors (Lipinski definition) is 2. The Hall–Kier alpha value is -0.830. The van der Waals surface area contributed by atoms with Gasteiger partial charge in [0.1, 0.15) is 0 Å². The van der Waals surface area contributed by atoms with Gasteiger partial charge in [0, 0.05) is 24.5 Å². The lowest BCUT2D eigenvalue weighted by Gasteiger charge is -2.21. The van der Waals surface area contributed by atoms with Gasteiger partial charge in [-0.2, -0.15) is 0 Å². The van der Waals surface area contributed by atoms with Crippen LogP contribution in [0.1, 0.15) is 44.2 Å². The van der Waals surface area contributed by atoms with Crippen molar-refractivity contribution in [1.82, 2.24) is 15.3 Å². The molecule has 2 fully saturated rings. The lowest BCUT2D eigenvalue weighted by molar-refractivity contribution is 0.312. The molecule has 0 amide bonds. The van der Waals surface area contributed by atoms with Crippen molar-refractivity contribution >= 4 is 0 Å². The van der Waals surface area contributed by atoms with Crippen LogP contribution < -0.4 is 5.32 Å². The highest BCUT2D eigenvalue weighted by Crippen LogP contribution is 2.44. The van der Waals surface area contributed by atoms with Gasteiger partial charge in [0.15, 0.2) is 0 Å². The van der Waals surface area contributed by atoms with E-state index in [1.807, 2.05) is 6.20 Å². The molecule has 16 heavy (non-hydrogen) atoms. The van der Waals surface area contributed by atoms with Gasteiger partial charge in [-0.3, -0.25) is 0 Å². The molecule has 0 aliphatic heterocycles.